The minimum atomic E-state index is -1.30. The van der Waals surface area contributed by atoms with Crippen molar-refractivity contribution in [2.75, 3.05) is 18.6 Å². The van der Waals surface area contributed by atoms with Crippen molar-refractivity contribution < 1.29 is 29.1 Å². The highest BCUT2D eigenvalue weighted by molar-refractivity contribution is 7.98. The fourth-order valence-electron chi connectivity index (χ4n) is 4.13. The van der Waals surface area contributed by atoms with Crippen LogP contribution in [-0.4, -0.2) is 88.4 Å². The maximum Gasteiger partial charge on any atom is 0.326 e. The summed E-state index contributed by atoms with van der Waals surface area (Å²) in [6.07, 6.45) is 3.61. The average molecular weight is 606 g/mol. The number of para-hydroxylation sites is 1. The van der Waals surface area contributed by atoms with Crippen molar-refractivity contribution in [3.05, 3.63) is 36.0 Å². The lowest BCUT2D eigenvalue weighted by molar-refractivity contribution is -0.142. The van der Waals surface area contributed by atoms with Crippen molar-refractivity contribution in [2.24, 2.45) is 27.9 Å². The van der Waals surface area contributed by atoms with Gasteiger partial charge in [0.2, 0.25) is 23.6 Å². The van der Waals surface area contributed by atoms with E-state index in [2.05, 4.69) is 25.9 Å². The Morgan fingerprint density at radius 2 is 1.60 bits per heavy atom. The van der Waals surface area contributed by atoms with Gasteiger partial charge in [-0.05, 0) is 42.9 Å². The lowest BCUT2D eigenvalue weighted by Gasteiger charge is -2.25. The zero-order valence-electron chi connectivity index (χ0n) is 23.3. The minimum absolute atomic E-state index is 0.0126. The first-order valence-electron chi connectivity index (χ1n) is 13.2. The number of thioether (sulfide) groups is 1. The highest BCUT2D eigenvalue weighted by Gasteiger charge is 2.31. The number of aromatic nitrogens is 1. The molecule has 2 aromatic rings. The summed E-state index contributed by atoms with van der Waals surface area (Å²) in [5, 5.41) is 18.1. The predicted molar refractivity (Wildman–Crippen MR) is 160 cm³/mol. The van der Waals surface area contributed by atoms with Crippen LogP contribution in [0.5, 0.6) is 0 Å². The molecule has 0 aliphatic heterocycles. The van der Waals surface area contributed by atoms with Crippen LogP contribution >= 0.6 is 11.8 Å². The van der Waals surface area contributed by atoms with Gasteiger partial charge in [-0.15, -0.1) is 0 Å². The molecule has 0 radical (unpaired) electrons. The zero-order valence-corrected chi connectivity index (χ0v) is 24.1. The molecule has 42 heavy (non-hydrogen) atoms. The van der Waals surface area contributed by atoms with Gasteiger partial charge in [-0.1, -0.05) is 18.2 Å². The monoisotopic (exact) mass is 605 g/mol. The van der Waals surface area contributed by atoms with Gasteiger partial charge in [0, 0.05) is 30.1 Å². The van der Waals surface area contributed by atoms with Crippen LogP contribution in [0, 0.1) is 0 Å². The molecule has 0 aliphatic rings. The van der Waals surface area contributed by atoms with Crippen LogP contribution in [0.1, 0.15) is 31.2 Å². The van der Waals surface area contributed by atoms with Gasteiger partial charge in [0.25, 0.3) is 0 Å². The number of hydrogen-bond acceptors (Lipinski definition) is 8. The number of aliphatic carboxylic acids is 1. The third-order valence-corrected chi connectivity index (χ3v) is 6.94. The number of nitrogens with zero attached hydrogens (tertiary/aromatic N) is 1. The Hall–Kier alpha value is -4.31. The summed E-state index contributed by atoms with van der Waals surface area (Å²) in [5.41, 5.74) is 23.2. The first-order valence-corrected chi connectivity index (χ1v) is 14.6. The summed E-state index contributed by atoms with van der Waals surface area (Å²) < 4.78 is 0. The second kappa shape index (κ2) is 16.8. The number of benzene rings is 1. The number of carbonyl (C=O) groups excluding carboxylic acids is 4. The van der Waals surface area contributed by atoms with E-state index in [1.807, 2.05) is 30.5 Å². The fourth-order valence-corrected chi connectivity index (χ4v) is 4.60. The number of rotatable bonds is 18. The number of nitrogens with one attached hydrogen (secondary N) is 4. The van der Waals surface area contributed by atoms with E-state index >= 15 is 0 Å². The zero-order chi connectivity index (χ0) is 31.2. The van der Waals surface area contributed by atoms with Gasteiger partial charge < -0.3 is 49.0 Å². The van der Waals surface area contributed by atoms with Crippen molar-refractivity contribution >= 4 is 58.2 Å². The first kappa shape index (κ1) is 33.9. The molecular weight excluding hydrogens is 566 g/mol. The van der Waals surface area contributed by atoms with Gasteiger partial charge in [0.1, 0.15) is 18.1 Å². The molecule has 15 nitrogen and oxygen atoms in total. The Labute approximate surface area is 247 Å². The smallest absolute Gasteiger partial charge is 0.326 e. The number of fused-ring (bicyclic) bond motifs is 1. The maximum atomic E-state index is 13.6. The molecule has 13 N–H and O–H groups in total. The molecule has 230 valence electrons. The highest BCUT2D eigenvalue weighted by atomic mass is 32.2. The number of carboxylic acids is 1. The van der Waals surface area contributed by atoms with Crippen LogP contribution in [0.4, 0.5) is 0 Å². The van der Waals surface area contributed by atoms with Crippen LogP contribution in [0.3, 0.4) is 0 Å². The van der Waals surface area contributed by atoms with Crippen LogP contribution in [0.2, 0.25) is 0 Å². The van der Waals surface area contributed by atoms with Crippen LogP contribution in [0.15, 0.2) is 35.5 Å². The Morgan fingerprint density at radius 3 is 2.24 bits per heavy atom. The van der Waals surface area contributed by atoms with Crippen molar-refractivity contribution in [3.63, 3.8) is 0 Å². The van der Waals surface area contributed by atoms with Gasteiger partial charge in [-0.2, -0.15) is 11.8 Å². The predicted octanol–water partition coefficient (Wildman–Crippen LogP) is -1.74. The number of carbonyl (C=O) groups is 5. The van der Waals surface area contributed by atoms with Crippen molar-refractivity contribution in [1.29, 1.82) is 0 Å². The second-order valence-electron chi connectivity index (χ2n) is 9.59. The number of amides is 4. The number of primary amides is 1. The van der Waals surface area contributed by atoms with E-state index < -0.39 is 60.2 Å². The van der Waals surface area contributed by atoms with E-state index in [1.54, 1.807) is 6.20 Å². The lowest BCUT2D eigenvalue weighted by atomic mass is 10.0. The first-order chi connectivity index (χ1) is 19.9. The lowest BCUT2D eigenvalue weighted by Crippen LogP contribution is -2.57. The summed E-state index contributed by atoms with van der Waals surface area (Å²) in [4.78, 5) is 69.6. The standard InChI is InChI=1S/C26H39N9O6S/c1-42-10-8-19(25(40)41)34-23(38)18(7-4-9-31-26(29)30)33-24(39)20(35-22(37)16(27)12-21(28)36)11-14-13-32-17-6-3-2-5-15(14)17/h2-3,5-6,13,16,18-20,32H,4,7-12,27H2,1H3,(H2,28,36)(H,33,39)(H,34,38)(H,35,37)(H,40,41)(H4,29,30,31). The number of H-pyrrole nitrogens is 1. The summed E-state index contributed by atoms with van der Waals surface area (Å²) in [6, 6.07) is 2.50. The number of hydrogen-bond donors (Lipinski definition) is 9. The Balaban J connectivity index is 2.32. The van der Waals surface area contributed by atoms with Crippen LogP contribution in [0.25, 0.3) is 10.9 Å². The van der Waals surface area contributed by atoms with Crippen molar-refractivity contribution in [3.8, 4) is 0 Å². The van der Waals surface area contributed by atoms with E-state index in [-0.39, 0.29) is 38.2 Å². The molecule has 4 atom stereocenters. The molecule has 1 aromatic carbocycles. The molecule has 4 amide bonds. The number of carboxylic acid groups (broad SMARTS) is 1. The molecule has 0 bridgehead atoms. The molecule has 2 rings (SSSR count). The topological polar surface area (TPSA) is 274 Å². The number of aromatic amines is 1. The molecule has 0 saturated heterocycles. The van der Waals surface area contributed by atoms with E-state index in [0.717, 1.165) is 10.9 Å². The molecule has 1 heterocycles. The number of aliphatic imine (C=N–C) groups is 1. The minimum Gasteiger partial charge on any atom is -0.480 e. The summed E-state index contributed by atoms with van der Waals surface area (Å²) in [6.45, 7) is 0.161. The molecule has 0 spiro atoms. The third kappa shape index (κ3) is 10.9. The quantitative estimate of drug-likeness (QED) is 0.0525. The van der Waals surface area contributed by atoms with E-state index in [4.69, 9.17) is 22.9 Å². The Bertz CT molecular complexity index is 1280. The van der Waals surface area contributed by atoms with Gasteiger partial charge >= 0.3 is 5.97 Å². The van der Waals surface area contributed by atoms with Crippen LogP contribution < -0.4 is 38.9 Å². The SMILES string of the molecule is CSCCC(NC(=O)C(CCCN=C(N)N)NC(=O)C(Cc1c[nH]c2ccccc12)NC(=O)C(N)CC(N)=O)C(=O)O. The molecule has 16 heteroatoms. The van der Waals surface area contributed by atoms with E-state index in [1.165, 1.54) is 11.8 Å². The Morgan fingerprint density at radius 1 is 0.952 bits per heavy atom. The largest absolute Gasteiger partial charge is 0.480 e. The van der Waals surface area contributed by atoms with Gasteiger partial charge in [-0.3, -0.25) is 24.2 Å². The second-order valence-corrected chi connectivity index (χ2v) is 10.6. The highest BCUT2D eigenvalue weighted by Crippen LogP contribution is 2.19. The van der Waals surface area contributed by atoms with Crippen molar-refractivity contribution in [1.82, 2.24) is 20.9 Å². The van der Waals surface area contributed by atoms with E-state index in [0.29, 0.717) is 11.3 Å². The number of guanidine groups is 1. The number of nitrogens with two attached hydrogens (primary N) is 4. The molecular formula is C26H39N9O6S. The molecule has 1 aromatic heterocycles. The Kier molecular flexibility index (Phi) is 13.6. The van der Waals surface area contributed by atoms with Gasteiger partial charge in [0.15, 0.2) is 5.96 Å². The van der Waals surface area contributed by atoms with Gasteiger partial charge in [-0.25, -0.2) is 4.79 Å². The van der Waals surface area contributed by atoms with Crippen LogP contribution in [-0.2, 0) is 30.4 Å². The average Bonchev–Trinajstić information content (AvgIpc) is 3.34. The summed E-state index contributed by atoms with van der Waals surface area (Å²) in [5.74, 6) is -3.88. The van der Waals surface area contributed by atoms with E-state index in [9.17, 15) is 29.1 Å². The maximum absolute atomic E-state index is 13.6. The molecule has 0 aliphatic carbocycles. The third-order valence-electron chi connectivity index (χ3n) is 6.29. The normalized spacial score (nSPS) is 13.8. The molecule has 4 unspecified atom stereocenters. The summed E-state index contributed by atoms with van der Waals surface area (Å²) in [7, 11) is 0. The van der Waals surface area contributed by atoms with Gasteiger partial charge in [0.05, 0.1) is 12.5 Å². The van der Waals surface area contributed by atoms with Crippen molar-refractivity contribution in [2.45, 2.75) is 56.3 Å². The molecule has 0 fully saturated rings. The fraction of sp³-hybridized carbons (Fsp3) is 0.462. The summed E-state index contributed by atoms with van der Waals surface area (Å²) >= 11 is 1.43. The molecule has 0 saturated carbocycles.